The van der Waals surface area contributed by atoms with E-state index in [0.717, 1.165) is 12.8 Å². The van der Waals surface area contributed by atoms with Crippen LogP contribution < -0.4 is 0 Å². The molecule has 1 nitrogen and oxygen atoms in total. The van der Waals surface area contributed by atoms with Gasteiger partial charge < -0.3 is 5.11 Å². The molecule has 0 atom stereocenters. The van der Waals surface area contributed by atoms with Crippen molar-refractivity contribution >= 4 is 0 Å². The van der Waals surface area contributed by atoms with Gasteiger partial charge in [0.25, 0.3) is 0 Å². The molecule has 22 heavy (non-hydrogen) atoms. The fourth-order valence-electron chi connectivity index (χ4n) is 2.52. The molecule has 1 aromatic carbocycles. The Labute approximate surface area is 136 Å². The molecule has 0 bridgehead atoms. The summed E-state index contributed by atoms with van der Waals surface area (Å²) in [5.41, 5.74) is 1.24. The van der Waals surface area contributed by atoms with Crippen LogP contribution in [-0.2, 0) is 6.42 Å². The Morgan fingerprint density at radius 1 is 0.818 bits per heavy atom. The van der Waals surface area contributed by atoms with E-state index in [2.05, 4.69) is 37.3 Å². The van der Waals surface area contributed by atoms with Gasteiger partial charge in [-0.1, -0.05) is 49.8 Å². The van der Waals surface area contributed by atoms with Crippen LogP contribution in [0, 0.1) is 0 Å². The summed E-state index contributed by atoms with van der Waals surface area (Å²) in [7, 11) is 0. The summed E-state index contributed by atoms with van der Waals surface area (Å²) in [4.78, 5) is 0. The molecule has 0 spiro atoms. The molecule has 1 aromatic rings. The van der Waals surface area contributed by atoms with E-state index < -0.39 is 0 Å². The SMILES string of the molecule is CC/C=C/CCCCC/C=C/CCCCc1cccc(O)c1. The molecule has 1 N–H and O–H groups in total. The maximum Gasteiger partial charge on any atom is 0.115 e. The van der Waals surface area contributed by atoms with Crippen LogP contribution in [0.5, 0.6) is 5.75 Å². The molecule has 0 aromatic heterocycles. The highest BCUT2D eigenvalue weighted by molar-refractivity contribution is 5.27. The van der Waals surface area contributed by atoms with Gasteiger partial charge in [0, 0.05) is 0 Å². The van der Waals surface area contributed by atoms with Crippen molar-refractivity contribution in [1.29, 1.82) is 0 Å². The Morgan fingerprint density at radius 3 is 2.09 bits per heavy atom. The molecule has 0 aliphatic carbocycles. The zero-order valence-electron chi connectivity index (χ0n) is 14.1. The van der Waals surface area contributed by atoms with Gasteiger partial charge >= 0.3 is 0 Å². The summed E-state index contributed by atoms with van der Waals surface area (Å²) < 4.78 is 0. The monoisotopic (exact) mass is 300 g/mol. The van der Waals surface area contributed by atoms with Crippen molar-refractivity contribution in [1.82, 2.24) is 0 Å². The van der Waals surface area contributed by atoms with Crippen LogP contribution in [0.3, 0.4) is 0 Å². The summed E-state index contributed by atoms with van der Waals surface area (Å²) in [6, 6.07) is 7.60. The summed E-state index contributed by atoms with van der Waals surface area (Å²) in [5, 5.41) is 9.40. The number of hydrogen-bond donors (Lipinski definition) is 1. The summed E-state index contributed by atoms with van der Waals surface area (Å²) in [6.45, 7) is 2.19. The number of rotatable bonds is 12. The molecule has 1 rings (SSSR count). The van der Waals surface area contributed by atoms with Crippen LogP contribution in [0.15, 0.2) is 48.6 Å². The third-order valence-corrected chi connectivity index (χ3v) is 3.81. The van der Waals surface area contributed by atoms with E-state index in [4.69, 9.17) is 0 Å². The molecule has 122 valence electrons. The van der Waals surface area contributed by atoms with Crippen LogP contribution in [0.2, 0.25) is 0 Å². The first kappa shape index (κ1) is 18.5. The van der Waals surface area contributed by atoms with Gasteiger partial charge in [-0.3, -0.25) is 0 Å². The first-order chi connectivity index (χ1) is 10.8. The number of phenols is 1. The molecule has 0 aliphatic rings. The average molecular weight is 300 g/mol. The number of aryl methyl sites for hydroxylation is 1. The first-order valence-corrected chi connectivity index (χ1v) is 8.91. The van der Waals surface area contributed by atoms with Crippen LogP contribution in [0.25, 0.3) is 0 Å². The lowest BCUT2D eigenvalue weighted by Gasteiger charge is -2.01. The van der Waals surface area contributed by atoms with Crippen LogP contribution >= 0.6 is 0 Å². The number of hydrogen-bond acceptors (Lipinski definition) is 1. The van der Waals surface area contributed by atoms with E-state index in [0.29, 0.717) is 5.75 Å². The number of allylic oxidation sites excluding steroid dienone is 4. The summed E-state index contributed by atoms with van der Waals surface area (Å²) >= 11 is 0. The third kappa shape index (κ3) is 10.3. The fourth-order valence-corrected chi connectivity index (χ4v) is 2.52. The smallest absolute Gasteiger partial charge is 0.115 e. The first-order valence-electron chi connectivity index (χ1n) is 8.91. The molecule has 0 heterocycles. The van der Waals surface area contributed by atoms with Crippen LogP contribution in [-0.4, -0.2) is 5.11 Å². The van der Waals surface area contributed by atoms with Gasteiger partial charge in [0.1, 0.15) is 5.75 Å². The molecule has 0 amide bonds. The predicted octanol–water partition coefficient (Wildman–Crippen LogP) is 6.58. The van der Waals surface area contributed by atoms with E-state index in [9.17, 15) is 5.11 Å². The second kappa shape index (κ2) is 13.2. The van der Waals surface area contributed by atoms with Crippen molar-refractivity contribution in [2.45, 2.75) is 71.1 Å². The van der Waals surface area contributed by atoms with Gasteiger partial charge in [-0.2, -0.15) is 0 Å². The van der Waals surface area contributed by atoms with Crippen molar-refractivity contribution in [2.75, 3.05) is 0 Å². The van der Waals surface area contributed by atoms with Gasteiger partial charge in [0.05, 0.1) is 0 Å². The molecule has 0 fully saturated rings. The maximum atomic E-state index is 9.40. The van der Waals surface area contributed by atoms with E-state index in [1.54, 1.807) is 6.07 Å². The van der Waals surface area contributed by atoms with E-state index in [1.165, 1.54) is 56.9 Å². The van der Waals surface area contributed by atoms with E-state index >= 15 is 0 Å². The zero-order valence-corrected chi connectivity index (χ0v) is 14.1. The van der Waals surface area contributed by atoms with Gasteiger partial charge in [0.15, 0.2) is 0 Å². The minimum absolute atomic E-state index is 0.377. The molecule has 0 aliphatic heterocycles. The Kier molecular flexibility index (Phi) is 11.1. The summed E-state index contributed by atoms with van der Waals surface area (Å²) in [6.07, 6.45) is 21.5. The molecule has 0 radical (unpaired) electrons. The quantitative estimate of drug-likeness (QED) is 0.341. The van der Waals surface area contributed by atoms with Crippen molar-refractivity contribution in [3.8, 4) is 5.75 Å². The number of benzene rings is 1. The van der Waals surface area contributed by atoms with Gasteiger partial charge in [-0.05, 0) is 75.5 Å². The second-order valence-corrected chi connectivity index (χ2v) is 5.90. The lowest BCUT2D eigenvalue weighted by Crippen LogP contribution is -1.84. The van der Waals surface area contributed by atoms with Crippen molar-refractivity contribution in [3.63, 3.8) is 0 Å². The third-order valence-electron chi connectivity index (χ3n) is 3.81. The van der Waals surface area contributed by atoms with Gasteiger partial charge in [-0.25, -0.2) is 0 Å². The topological polar surface area (TPSA) is 20.2 Å². The number of aromatic hydroxyl groups is 1. The second-order valence-electron chi connectivity index (χ2n) is 5.90. The Bertz CT molecular complexity index is 431. The van der Waals surface area contributed by atoms with Crippen LogP contribution in [0.1, 0.15) is 70.3 Å². The fraction of sp³-hybridized carbons (Fsp3) is 0.524. The van der Waals surface area contributed by atoms with Crippen LogP contribution in [0.4, 0.5) is 0 Å². The molecular weight excluding hydrogens is 268 g/mol. The van der Waals surface area contributed by atoms with Gasteiger partial charge in [0.2, 0.25) is 0 Å². The lowest BCUT2D eigenvalue weighted by molar-refractivity contribution is 0.474. The predicted molar refractivity (Wildman–Crippen MR) is 97.3 cm³/mol. The van der Waals surface area contributed by atoms with E-state index in [1.807, 2.05) is 12.1 Å². The highest BCUT2D eigenvalue weighted by atomic mass is 16.3. The largest absolute Gasteiger partial charge is 0.508 e. The summed E-state index contributed by atoms with van der Waals surface area (Å²) in [5.74, 6) is 0.377. The number of unbranched alkanes of at least 4 members (excludes halogenated alkanes) is 6. The maximum absolute atomic E-state index is 9.40. The normalized spacial score (nSPS) is 11.7. The van der Waals surface area contributed by atoms with Crippen molar-refractivity contribution in [2.24, 2.45) is 0 Å². The minimum Gasteiger partial charge on any atom is -0.508 e. The van der Waals surface area contributed by atoms with Gasteiger partial charge in [-0.15, -0.1) is 0 Å². The van der Waals surface area contributed by atoms with Crippen molar-refractivity contribution in [3.05, 3.63) is 54.1 Å². The number of phenolic OH excluding ortho intramolecular Hbond substituents is 1. The molecular formula is C21H32O. The Balaban J connectivity index is 1.91. The van der Waals surface area contributed by atoms with E-state index in [-0.39, 0.29) is 0 Å². The lowest BCUT2D eigenvalue weighted by atomic mass is 10.1. The molecule has 1 heteroatoms. The molecule has 0 unspecified atom stereocenters. The standard InChI is InChI=1S/C21H32O/c1-2-3-4-5-6-7-8-9-10-11-12-13-14-16-20-17-15-18-21(22)19-20/h3-4,10-11,15,17-19,22H,2,5-9,12-14,16H2,1H3/b4-3+,11-10+. The van der Waals surface area contributed by atoms with Crippen molar-refractivity contribution < 1.29 is 5.11 Å². The Morgan fingerprint density at radius 2 is 1.45 bits per heavy atom. The molecule has 0 saturated heterocycles. The highest BCUT2D eigenvalue weighted by Gasteiger charge is 1.94. The Hall–Kier alpha value is -1.50. The highest BCUT2D eigenvalue weighted by Crippen LogP contribution is 2.14. The average Bonchev–Trinajstić information content (AvgIpc) is 2.52. The molecule has 0 saturated carbocycles. The zero-order chi connectivity index (χ0) is 15.9. The minimum atomic E-state index is 0.377.